The fraction of sp³-hybridized carbons (Fsp3) is 0.696. The second-order valence-electron chi connectivity index (χ2n) is 8.55. The molecule has 1 spiro atoms. The Labute approximate surface area is 178 Å². The Morgan fingerprint density at radius 2 is 2.07 bits per heavy atom. The Morgan fingerprint density at radius 1 is 1.28 bits per heavy atom. The predicted molar refractivity (Wildman–Crippen MR) is 114 cm³/mol. The molecule has 1 heterocycles. The number of rotatable bonds is 2. The van der Waals surface area contributed by atoms with Crippen LogP contribution in [0.3, 0.4) is 0 Å². The van der Waals surface area contributed by atoms with Crippen molar-refractivity contribution in [3.8, 4) is 0 Å². The lowest BCUT2D eigenvalue weighted by molar-refractivity contribution is -0.218. The molecule has 162 valence electrons. The van der Waals surface area contributed by atoms with Crippen molar-refractivity contribution in [2.75, 3.05) is 26.6 Å². The van der Waals surface area contributed by atoms with Crippen LogP contribution >= 0.6 is 12.6 Å². The second-order valence-corrected chi connectivity index (χ2v) is 8.55. The zero-order valence-corrected chi connectivity index (χ0v) is 18.2. The molecule has 1 aliphatic heterocycles. The van der Waals surface area contributed by atoms with Crippen LogP contribution < -0.4 is 0 Å². The van der Waals surface area contributed by atoms with E-state index in [0.717, 1.165) is 39.2 Å². The van der Waals surface area contributed by atoms with Gasteiger partial charge in [-0.3, -0.25) is 4.79 Å². The van der Waals surface area contributed by atoms with Gasteiger partial charge in [0, 0.05) is 18.9 Å². The Hall–Kier alpha value is -0.950. The topological polar surface area (TPSA) is 55.8 Å². The van der Waals surface area contributed by atoms with E-state index in [1.165, 1.54) is 5.57 Å². The van der Waals surface area contributed by atoms with Gasteiger partial charge in [-0.25, -0.2) is 0 Å². The maximum atomic E-state index is 13.1. The number of fused-ring (bicyclic) bond motifs is 6. The number of ketones is 1. The first kappa shape index (κ1) is 22.7. The molecule has 0 saturated heterocycles. The Morgan fingerprint density at radius 3 is 2.76 bits per heavy atom. The fourth-order valence-corrected chi connectivity index (χ4v) is 6.86. The van der Waals surface area contributed by atoms with Gasteiger partial charge in [0.05, 0.1) is 18.8 Å². The number of halogens is 1. The zero-order chi connectivity index (χ0) is 21.1. The molecule has 2 fully saturated rings. The van der Waals surface area contributed by atoms with E-state index in [-0.39, 0.29) is 23.4 Å². The third-order valence-electron chi connectivity index (χ3n) is 7.88. The molecule has 0 aromatic heterocycles. The fourth-order valence-electron chi connectivity index (χ4n) is 6.86. The third-order valence-corrected chi connectivity index (χ3v) is 7.88. The van der Waals surface area contributed by atoms with Crippen LogP contribution in [-0.4, -0.2) is 43.1 Å². The smallest absolute Gasteiger partial charge is 0.155 e. The van der Waals surface area contributed by atoms with E-state index in [2.05, 4.69) is 41.9 Å². The number of carbonyl (C=O) groups excluding carboxylic acids is 1. The molecule has 0 amide bonds. The van der Waals surface area contributed by atoms with Crippen LogP contribution in [0.5, 0.6) is 0 Å². The maximum absolute atomic E-state index is 13.1. The van der Waals surface area contributed by atoms with Crippen molar-refractivity contribution in [1.82, 2.24) is 0 Å². The summed E-state index contributed by atoms with van der Waals surface area (Å²) in [7, 11) is 1.00. The van der Waals surface area contributed by atoms with Crippen molar-refractivity contribution in [1.29, 1.82) is 0 Å². The van der Waals surface area contributed by atoms with Crippen LogP contribution in [0.4, 0.5) is 4.53 Å². The lowest BCUT2D eigenvalue weighted by atomic mass is 9.52. The molecule has 0 bridgehead atoms. The van der Waals surface area contributed by atoms with Gasteiger partial charge in [-0.05, 0) is 78.2 Å². The van der Waals surface area contributed by atoms with E-state index in [4.69, 9.17) is 9.84 Å². The predicted octanol–water partition coefficient (Wildman–Crippen LogP) is 4.27. The van der Waals surface area contributed by atoms with Crippen molar-refractivity contribution in [3.63, 3.8) is 0 Å². The highest BCUT2D eigenvalue weighted by molar-refractivity contribution is 7.79. The summed E-state index contributed by atoms with van der Waals surface area (Å²) in [6.07, 6.45) is 18.0. The normalized spacial score (nSPS) is 41.4. The van der Waals surface area contributed by atoms with Crippen molar-refractivity contribution in [2.45, 2.75) is 44.1 Å². The zero-order valence-electron chi connectivity index (χ0n) is 17.4. The minimum absolute atomic E-state index is 0.130. The van der Waals surface area contributed by atoms with Gasteiger partial charge in [-0.15, -0.1) is 0 Å². The Balaban J connectivity index is 0.000000568. The van der Waals surface area contributed by atoms with E-state index in [9.17, 15) is 9.32 Å². The number of aliphatic hydroxyl groups excluding tert-OH is 1. The summed E-state index contributed by atoms with van der Waals surface area (Å²) in [4.78, 5) is 16.1. The molecule has 6 heteroatoms. The van der Waals surface area contributed by atoms with Crippen molar-refractivity contribution < 1.29 is 24.1 Å². The molecular formula is C23H33FO4S. The molecule has 29 heavy (non-hydrogen) atoms. The monoisotopic (exact) mass is 424 g/mol. The molecule has 4 aliphatic carbocycles. The van der Waals surface area contributed by atoms with Crippen molar-refractivity contribution in [2.24, 2.45) is 29.1 Å². The standard InChI is InChI=1S/C21H25FO3.CH4O.CH4S/c22-25-13-20-9-6-17-16-5-3-15(23)12-14(16)2-4-18(17)19(20)7-10-21(20)8-1-11-24-21;2*1-2/h1-2,4,8,12,16-19H,3,5-7,9-11,13H2;2*2H,1H3/t16?,17?,18?,19?,20?,21-;;/m0../s1. The summed E-state index contributed by atoms with van der Waals surface area (Å²) < 4.78 is 19.3. The first-order chi connectivity index (χ1) is 14.2. The molecule has 5 unspecified atom stereocenters. The SMILES string of the molecule is CO.CS.O=C1C=C2C=CC3C(CCC4(COF)C3CC[C@@]43C=CCO3)C2CC1. The minimum atomic E-state index is -0.346. The lowest BCUT2D eigenvalue weighted by Gasteiger charge is -2.54. The minimum Gasteiger partial charge on any atom is -0.400 e. The molecule has 6 atom stereocenters. The average molecular weight is 425 g/mol. The van der Waals surface area contributed by atoms with E-state index in [0.29, 0.717) is 36.7 Å². The summed E-state index contributed by atoms with van der Waals surface area (Å²) in [5.41, 5.74) is 0.615. The largest absolute Gasteiger partial charge is 0.400 e. The molecule has 5 rings (SSSR count). The quantitative estimate of drug-likeness (QED) is 0.514. The number of ether oxygens (including phenoxy) is 1. The molecule has 5 aliphatic rings. The average Bonchev–Trinajstić information content (AvgIpc) is 3.37. The summed E-state index contributed by atoms with van der Waals surface area (Å²) in [6.45, 7) is 0.757. The van der Waals surface area contributed by atoms with Gasteiger partial charge in [-0.2, -0.15) is 17.6 Å². The van der Waals surface area contributed by atoms with E-state index in [1.807, 2.05) is 6.08 Å². The van der Waals surface area contributed by atoms with E-state index >= 15 is 0 Å². The number of carbonyl (C=O) groups is 1. The van der Waals surface area contributed by atoms with Crippen LogP contribution in [-0.2, 0) is 14.5 Å². The molecule has 2 saturated carbocycles. The Kier molecular flexibility index (Phi) is 7.41. The summed E-state index contributed by atoms with van der Waals surface area (Å²) >= 11 is 3.53. The van der Waals surface area contributed by atoms with Crippen LogP contribution in [0.15, 0.2) is 36.0 Å². The number of allylic oxidation sites excluding steroid dienone is 4. The summed E-state index contributed by atoms with van der Waals surface area (Å²) in [5, 5.41) is 7.00. The number of hydrogen-bond acceptors (Lipinski definition) is 5. The van der Waals surface area contributed by atoms with Gasteiger partial charge in [0.25, 0.3) is 0 Å². The van der Waals surface area contributed by atoms with Gasteiger partial charge in [0.2, 0.25) is 0 Å². The van der Waals surface area contributed by atoms with Crippen LogP contribution in [0.1, 0.15) is 38.5 Å². The Bertz CT molecular complexity index is 690. The highest BCUT2D eigenvalue weighted by Crippen LogP contribution is 2.66. The third kappa shape index (κ3) is 3.56. The number of aliphatic hydroxyl groups is 1. The van der Waals surface area contributed by atoms with Gasteiger partial charge in [-0.1, -0.05) is 24.3 Å². The van der Waals surface area contributed by atoms with Crippen LogP contribution in [0, 0.1) is 29.1 Å². The number of hydrogen-bond donors (Lipinski definition) is 2. The first-order valence-corrected chi connectivity index (χ1v) is 11.5. The first-order valence-electron chi connectivity index (χ1n) is 10.6. The highest BCUT2D eigenvalue weighted by atomic mass is 32.1. The van der Waals surface area contributed by atoms with Crippen molar-refractivity contribution in [3.05, 3.63) is 36.0 Å². The molecule has 0 aromatic carbocycles. The highest BCUT2D eigenvalue weighted by Gasteiger charge is 2.65. The van der Waals surface area contributed by atoms with Crippen LogP contribution in [0.2, 0.25) is 0 Å². The molecule has 0 radical (unpaired) electrons. The molecule has 4 nitrogen and oxygen atoms in total. The summed E-state index contributed by atoms with van der Waals surface area (Å²) in [6, 6.07) is 0. The van der Waals surface area contributed by atoms with Crippen LogP contribution in [0.25, 0.3) is 0 Å². The van der Waals surface area contributed by atoms with Gasteiger partial charge < -0.3 is 9.84 Å². The molecule has 1 N–H and O–H groups in total. The van der Waals surface area contributed by atoms with Gasteiger partial charge >= 0.3 is 0 Å². The molecular weight excluding hydrogens is 391 g/mol. The van der Waals surface area contributed by atoms with Crippen molar-refractivity contribution >= 4 is 18.4 Å². The lowest BCUT2D eigenvalue weighted by Crippen LogP contribution is -2.55. The number of thiol groups is 1. The summed E-state index contributed by atoms with van der Waals surface area (Å²) in [5.74, 6) is 2.15. The van der Waals surface area contributed by atoms with E-state index in [1.54, 1.807) is 6.26 Å². The maximum Gasteiger partial charge on any atom is 0.155 e. The van der Waals surface area contributed by atoms with E-state index < -0.39 is 0 Å². The second kappa shape index (κ2) is 9.46. The van der Waals surface area contributed by atoms with Gasteiger partial charge in [0.15, 0.2) is 5.78 Å². The molecule has 0 aromatic rings. The van der Waals surface area contributed by atoms with Gasteiger partial charge in [0.1, 0.15) is 0 Å².